The van der Waals surface area contributed by atoms with Crippen LogP contribution in [0, 0.1) is 5.82 Å². The molecule has 2 rings (SSSR count). The summed E-state index contributed by atoms with van der Waals surface area (Å²) in [6, 6.07) is 1.01. The van der Waals surface area contributed by atoms with Gasteiger partial charge < -0.3 is 10.2 Å². The Morgan fingerprint density at radius 1 is 1.42 bits per heavy atom. The average molecular weight is 266 g/mol. The molecule has 0 spiro atoms. The van der Waals surface area contributed by atoms with Gasteiger partial charge in [0.05, 0.1) is 11.8 Å². The van der Waals surface area contributed by atoms with E-state index in [-0.39, 0.29) is 24.5 Å². The Labute approximate surface area is 107 Å². The van der Waals surface area contributed by atoms with E-state index in [0.717, 1.165) is 17.2 Å². The minimum absolute atomic E-state index is 0.0231. The second kappa shape index (κ2) is 5.01. The highest BCUT2D eigenvalue weighted by molar-refractivity contribution is 6.07. The van der Waals surface area contributed by atoms with Crippen LogP contribution >= 0.6 is 0 Å². The van der Waals surface area contributed by atoms with Gasteiger partial charge in [0.1, 0.15) is 24.7 Å². The van der Waals surface area contributed by atoms with Crippen molar-refractivity contribution >= 4 is 23.5 Å². The second-order valence-electron chi connectivity index (χ2n) is 3.93. The molecule has 19 heavy (non-hydrogen) atoms. The van der Waals surface area contributed by atoms with Crippen molar-refractivity contribution in [1.82, 2.24) is 15.2 Å². The molecule has 0 bridgehead atoms. The fourth-order valence-electron chi connectivity index (χ4n) is 1.75. The lowest BCUT2D eigenvalue weighted by Gasteiger charge is -2.25. The van der Waals surface area contributed by atoms with E-state index in [1.165, 1.54) is 7.05 Å². The van der Waals surface area contributed by atoms with E-state index in [1.807, 2.05) is 0 Å². The van der Waals surface area contributed by atoms with E-state index in [1.54, 1.807) is 0 Å². The number of carbonyl (C=O) groups is 3. The lowest BCUT2D eigenvalue weighted by atomic mass is 10.2. The fraction of sp³-hybridized carbons (Fsp3) is 0.273. The van der Waals surface area contributed by atoms with Crippen molar-refractivity contribution in [3.63, 3.8) is 0 Å². The third kappa shape index (κ3) is 2.67. The summed E-state index contributed by atoms with van der Waals surface area (Å²) in [6.07, 6.45) is 0.969. The van der Waals surface area contributed by atoms with Gasteiger partial charge in [-0.15, -0.1) is 0 Å². The molecule has 0 radical (unpaired) electrons. The number of rotatable bonds is 2. The number of halogens is 1. The molecule has 0 aliphatic carbocycles. The number of aromatic nitrogens is 1. The van der Waals surface area contributed by atoms with Crippen molar-refractivity contribution in [3.8, 4) is 0 Å². The van der Waals surface area contributed by atoms with Gasteiger partial charge in [-0.3, -0.25) is 19.7 Å². The summed E-state index contributed by atoms with van der Waals surface area (Å²) < 4.78 is 13.2. The molecule has 1 saturated heterocycles. The SMILES string of the molecule is CNc1ncc(F)cc1C(=O)N1CC(=O)NC(=O)C1. The minimum atomic E-state index is -0.671. The number of piperazine rings is 1. The molecule has 1 aliphatic rings. The predicted octanol–water partition coefficient (Wildman–Crippen LogP) is -0.639. The van der Waals surface area contributed by atoms with Crippen molar-refractivity contribution < 1.29 is 18.8 Å². The molecule has 0 aromatic carbocycles. The minimum Gasteiger partial charge on any atom is -0.372 e. The van der Waals surface area contributed by atoms with Crippen LogP contribution in [0.3, 0.4) is 0 Å². The van der Waals surface area contributed by atoms with E-state index in [2.05, 4.69) is 15.6 Å². The number of nitrogens with zero attached hydrogens (tertiary/aromatic N) is 2. The zero-order chi connectivity index (χ0) is 14.0. The first kappa shape index (κ1) is 12.9. The fourth-order valence-corrected chi connectivity index (χ4v) is 1.75. The number of amides is 3. The van der Waals surface area contributed by atoms with E-state index in [4.69, 9.17) is 0 Å². The van der Waals surface area contributed by atoms with Crippen molar-refractivity contribution in [2.45, 2.75) is 0 Å². The van der Waals surface area contributed by atoms with Gasteiger partial charge in [-0.2, -0.15) is 0 Å². The lowest BCUT2D eigenvalue weighted by Crippen LogP contribution is -2.53. The van der Waals surface area contributed by atoms with Gasteiger partial charge >= 0.3 is 0 Å². The summed E-state index contributed by atoms with van der Waals surface area (Å²) in [6.45, 7) is -0.492. The maximum atomic E-state index is 13.2. The first-order valence-corrected chi connectivity index (χ1v) is 5.46. The molecule has 1 aromatic heterocycles. The van der Waals surface area contributed by atoms with Crippen LogP contribution in [0.15, 0.2) is 12.3 Å². The lowest BCUT2D eigenvalue weighted by molar-refractivity contribution is -0.135. The third-order valence-electron chi connectivity index (χ3n) is 2.56. The van der Waals surface area contributed by atoms with E-state index >= 15 is 0 Å². The summed E-state index contributed by atoms with van der Waals surface area (Å²) in [5, 5.41) is 4.73. The van der Waals surface area contributed by atoms with Gasteiger partial charge in [-0.05, 0) is 6.07 Å². The first-order valence-electron chi connectivity index (χ1n) is 5.46. The van der Waals surface area contributed by atoms with E-state index in [9.17, 15) is 18.8 Å². The summed E-state index contributed by atoms with van der Waals surface area (Å²) in [5.74, 6) is -2.25. The van der Waals surface area contributed by atoms with E-state index < -0.39 is 23.5 Å². The molecule has 1 aliphatic heterocycles. The molecule has 0 unspecified atom stereocenters. The third-order valence-corrected chi connectivity index (χ3v) is 2.56. The number of carbonyl (C=O) groups excluding carboxylic acids is 3. The Balaban J connectivity index is 2.31. The van der Waals surface area contributed by atoms with Crippen LogP contribution in [-0.2, 0) is 9.59 Å². The maximum absolute atomic E-state index is 13.2. The number of imide groups is 1. The van der Waals surface area contributed by atoms with Crippen LogP contribution in [0.4, 0.5) is 10.2 Å². The summed E-state index contributed by atoms with van der Waals surface area (Å²) in [5.41, 5.74) is -0.0231. The Morgan fingerprint density at radius 3 is 2.63 bits per heavy atom. The molecule has 1 aromatic rings. The molecule has 7 nitrogen and oxygen atoms in total. The quantitative estimate of drug-likeness (QED) is 0.695. The van der Waals surface area contributed by atoms with Crippen LogP contribution in [0.1, 0.15) is 10.4 Å². The highest BCUT2D eigenvalue weighted by atomic mass is 19.1. The molecule has 1 fully saturated rings. The standard InChI is InChI=1S/C11H11FN4O3/c1-13-10-7(2-6(12)3-14-10)11(19)16-4-8(17)15-9(18)5-16/h2-3H,4-5H2,1H3,(H,13,14)(H,15,17,18). The van der Waals surface area contributed by atoms with Gasteiger partial charge in [0.25, 0.3) is 5.91 Å². The Morgan fingerprint density at radius 2 is 2.05 bits per heavy atom. The molecule has 8 heteroatoms. The smallest absolute Gasteiger partial charge is 0.258 e. The highest BCUT2D eigenvalue weighted by Gasteiger charge is 2.28. The second-order valence-corrected chi connectivity index (χ2v) is 3.93. The van der Waals surface area contributed by atoms with Crippen molar-refractivity contribution in [2.75, 3.05) is 25.5 Å². The molecule has 2 heterocycles. The number of hydrogen-bond donors (Lipinski definition) is 2. The number of pyridine rings is 1. The van der Waals surface area contributed by atoms with Crippen LogP contribution in [0.2, 0.25) is 0 Å². The average Bonchev–Trinajstić information content (AvgIpc) is 2.36. The molecular formula is C11H11FN4O3. The van der Waals surface area contributed by atoms with Gasteiger partial charge in [-0.1, -0.05) is 0 Å². The molecule has 0 saturated carbocycles. The Hall–Kier alpha value is -2.51. The molecule has 0 atom stereocenters. The van der Waals surface area contributed by atoms with Crippen LogP contribution < -0.4 is 10.6 Å². The van der Waals surface area contributed by atoms with Crippen molar-refractivity contribution in [2.24, 2.45) is 0 Å². The van der Waals surface area contributed by atoms with Crippen molar-refractivity contribution in [3.05, 3.63) is 23.6 Å². The molecule has 2 N–H and O–H groups in total. The summed E-state index contributed by atoms with van der Waals surface area (Å²) in [7, 11) is 1.53. The largest absolute Gasteiger partial charge is 0.372 e. The summed E-state index contributed by atoms with van der Waals surface area (Å²) >= 11 is 0. The van der Waals surface area contributed by atoms with Crippen LogP contribution in [-0.4, -0.2) is 47.7 Å². The van der Waals surface area contributed by atoms with E-state index in [0.29, 0.717) is 0 Å². The zero-order valence-electron chi connectivity index (χ0n) is 10.1. The number of nitrogens with one attached hydrogen (secondary N) is 2. The maximum Gasteiger partial charge on any atom is 0.258 e. The predicted molar refractivity (Wildman–Crippen MR) is 62.8 cm³/mol. The van der Waals surface area contributed by atoms with Gasteiger partial charge in [0.2, 0.25) is 11.8 Å². The number of hydrogen-bond acceptors (Lipinski definition) is 5. The van der Waals surface area contributed by atoms with Crippen LogP contribution in [0.5, 0.6) is 0 Å². The van der Waals surface area contributed by atoms with Gasteiger partial charge in [0, 0.05) is 7.05 Å². The zero-order valence-corrected chi connectivity index (χ0v) is 10.1. The molecule has 3 amide bonds. The first-order chi connectivity index (χ1) is 9.01. The molecule has 100 valence electrons. The van der Waals surface area contributed by atoms with Gasteiger partial charge in [0.15, 0.2) is 0 Å². The molecular weight excluding hydrogens is 255 g/mol. The topological polar surface area (TPSA) is 91.4 Å². The Bertz CT molecular complexity index is 545. The van der Waals surface area contributed by atoms with Crippen LogP contribution in [0.25, 0.3) is 0 Å². The summed E-state index contributed by atoms with van der Waals surface area (Å²) in [4.78, 5) is 39.4. The van der Waals surface area contributed by atoms with Gasteiger partial charge in [-0.25, -0.2) is 9.37 Å². The van der Waals surface area contributed by atoms with Crippen molar-refractivity contribution in [1.29, 1.82) is 0 Å². The normalized spacial score (nSPS) is 15.2. The number of anilines is 1. The highest BCUT2D eigenvalue weighted by Crippen LogP contribution is 2.16. The monoisotopic (exact) mass is 266 g/mol. The Kier molecular flexibility index (Phi) is 3.41.